The van der Waals surface area contributed by atoms with Gasteiger partial charge in [-0.15, -0.1) is 0 Å². The number of benzene rings is 1. The third kappa shape index (κ3) is 1.99. The van der Waals surface area contributed by atoms with Gasteiger partial charge < -0.3 is 15.6 Å². The molecule has 0 bridgehead atoms. The number of nitrogens with one attached hydrogen (secondary N) is 2. The first-order valence-electron chi connectivity index (χ1n) is 3.84. The quantitative estimate of drug-likeness (QED) is 0.505. The van der Waals surface area contributed by atoms with Crippen LogP contribution in [0.25, 0.3) is 0 Å². The predicted molar refractivity (Wildman–Crippen MR) is 48.7 cm³/mol. The number of carboxylic acid groups (broad SMARTS) is 1. The predicted octanol–water partition coefficient (Wildman–Crippen LogP) is -0.170. The zero-order chi connectivity index (χ0) is 10.7. The number of anilines is 1. The molecule has 6 nitrogen and oxygen atoms in total. The molecule has 0 saturated carbocycles. The van der Waals surface area contributed by atoms with E-state index < -0.39 is 11.2 Å². The lowest BCUT2D eigenvalue weighted by atomic mass is 10.1. The first-order valence-corrected chi connectivity index (χ1v) is 3.84. The molecule has 0 amide bonds. The summed E-state index contributed by atoms with van der Waals surface area (Å²) in [6, 6.07) is 3.89. The van der Waals surface area contributed by atoms with Crippen LogP contribution in [0.1, 0.15) is 10.4 Å². The molecule has 0 aliphatic heterocycles. The Morgan fingerprint density at radius 3 is 2.64 bits per heavy atom. The van der Waals surface area contributed by atoms with Gasteiger partial charge in [-0.1, -0.05) is 0 Å². The zero-order valence-electron chi connectivity index (χ0n) is 7.44. The molecule has 0 aliphatic rings. The highest BCUT2D eigenvalue weighted by molar-refractivity contribution is 5.95. The molecule has 0 spiro atoms. The van der Waals surface area contributed by atoms with E-state index in [0.717, 1.165) is 6.07 Å². The SMILES string of the molecule is CNc1ccc([NH+]([O-])O)cc1C(=O)O. The van der Waals surface area contributed by atoms with Crippen LogP contribution in [0, 0.1) is 5.21 Å². The minimum Gasteiger partial charge on any atom is -0.595 e. The standard InChI is InChI=1S/C8H10N2O4/c1-9-7-3-2-5(10(13)14)4-6(7)8(11)12/h2-4,9-10,13H,1H3,(H,11,12). The van der Waals surface area contributed by atoms with Crippen molar-refractivity contribution in [2.45, 2.75) is 0 Å². The minimum atomic E-state index is -1.16. The van der Waals surface area contributed by atoms with Crippen molar-refractivity contribution in [3.8, 4) is 0 Å². The van der Waals surface area contributed by atoms with E-state index in [1.54, 1.807) is 7.05 Å². The van der Waals surface area contributed by atoms with Crippen LogP contribution >= 0.6 is 0 Å². The van der Waals surface area contributed by atoms with Crippen molar-refractivity contribution in [1.82, 2.24) is 0 Å². The summed E-state index contributed by atoms with van der Waals surface area (Å²) in [5.74, 6) is -1.16. The summed E-state index contributed by atoms with van der Waals surface area (Å²) >= 11 is 0. The zero-order valence-corrected chi connectivity index (χ0v) is 7.44. The lowest BCUT2D eigenvalue weighted by Crippen LogP contribution is -2.99. The molecule has 0 fully saturated rings. The van der Waals surface area contributed by atoms with Crippen LogP contribution in [-0.2, 0) is 0 Å². The largest absolute Gasteiger partial charge is 0.595 e. The first kappa shape index (κ1) is 10.5. The van der Waals surface area contributed by atoms with Crippen molar-refractivity contribution in [2.75, 3.05) is 12.4 Å². The molecule has 1 rings (SSSR count). The highest BCUT2D eigenvalue weighted by atomic mass is 16.8. The van der Waals surface area contributed by atoms with E-state index in [1.807, 2.05) is 0 Å². The first-order chi connectivity index (χ1) is 6.56. The van der Waals surface area contributed by atoms with E-state index in [4.69, 9.17) is 10.3 Å². The molecule has 0 aliphatic carbocycles. The van der Waals surface area contributed by atoms with Gasteiger partial charge in [0.25, 0.3) is 0 Å². The summed E-state index contributed by atoms with van der Waals surface area (Å²) in [7, 11) is 1.57. The van der Waals surface area contributed by atoms with E-state index in [2.05, 4.69) is 5.32 Å². The lowest BCUT2D eigenvalue weighted by Gasteiger charge is -2.13. The summed E-state index contributed by atoms with van der Waals surface area (Å²) in [6.45, 7) is 0. The molecule has 1 unspecified atom stereocenters. The fourth-order valence-corrected chi connectivity index (χ4v) is 1.07. The molecule has 4 N–H and O–H groups in total. The number of hydrogen-bond donors (Lipinski definition) is 4. The Hall–Kier alpha value is -1.63. The van der Waals surface area contributed by atoms with Gasteiger partial charge in [0, 0.05) is 24.9 Å². The molecule has 14 heavy (non-hydrogen) atoms. The summed E-state index contributed by atoms with van der Waals surface area (Å²) in [5.41, 5.74) is 0.302. The second-order valence-corrected chi connectivity index (χ2v) is 2.62. The molecule has 0 saturated heterocycles. The molecule has 1 aromatic carbocycles. The van der Waals surface area contributed by atoms with E-state index >= 15 is 0 Å². The van der Waals surface area contributed by atoms with Gasteiger partial charge in [-0.2, -0.15) is 5.23 Å². The minimum absolute atomic E-state index is 0.0404. The third-order valence-corrected chi connectivity index (χ3v) is 1.77. The number of quaternary nitrogens is 1. The van der Waals surface area contributed by atoms with Crippen molar-refractivity contribution in [3.63, 3.8) is 0 Å². The normalized spacial score (nSPS) is 12.2. The Morgan fingerprint density at radius 2 is 2.21 bits per heavy atom. The molecule has 1 atom stereocenters. The van der Waals surface area contributed by atoms with Crippen molar-refractivity contribution in [1.29, 1.82) is 0 Å². The van der Waals surface area contributed by atoms with Gasteiger partial charge in [0.2, 0.25) is 0 Å². The fraction of sp³-hybridized carbons (Fsp3) is 0.125. The molecule has 0 aromatic heterocycles. The molecule has 1 aromatic rings. The average molecular weight is 198 g/mol. The van der Waals surface area contributed by atoms with Gasteiger partial charge >= 0.3 is 5.97 Å². The molecule has 0 heterocycles. The average Bonchev–Trinajstić information content (AvgIpc) is 2.16. The summed E-state index contributed by atoms with van der Waals surface area (Å²) < 4.78 is 0. The molecule has 76 valence electrons. The van der Waals surface area contributed by atoms with Crippen molar-refractivity contribution >= 4 is 17.3 Å². The van der Waals surface area contributed by atoms with Gasteiger partial charge in [-0.3, -0.25) is 0 Å². The van der Waals surface area contributed by atoms with E-state index in [0.29, 0.717) is 5.69 Å². The maximum atomic E-state index is 10.7. The summed E-state index contributed by atoms with van der Waals surface area (Å²) in [4.78, 5) is 10.7. The molecule has 6 heteroatoms. The Kier molecular flexibility index (Phi) is 3.03. The highest BCUT2D eigenvalue weighted by Gasteiger charge is 2.12. The van der Waals surface area contributed by atoms with Gasteiger partial charge in [0.15, 0.2) is 5.69 Å². The number of rotatable bonds is 3. The number of carbonyl (C=O) groups is 1. The van der Waals surface area contributed by atoms with Gasteiger partial charge in [-0.05, 0) is 6.07 Å². The van der Waals surface area contributed by atoms with E-state index in [1.165, 1.54) is 12.1 Å². The Labute approximate surface area is 79.9 Å². The number of carboxylic acids is 1. The van der Waals surface area contributed by atoms with Crippen LogP contribution in [0.4, 0.5) is 11.4 Å². The van der Waals surface area contributed by atoms with Crippen LogP contribution in [0.5, 0.6) is 0 Å². The van der Waals surface area contributed by atoms with Gasteiger partial charge in [0.05, 0.1) is 5.56 Å². The fourth-order valence-electron chi connectivity index (χ4n) is 1.07. The van der Waals surface area contributed by atoms with Crippen molar-refractivity contribution < 1.29 is 20.3 Å². The molecular weight excluding hydrogens is 188 g/mol. The second kappa shape index (κ2) is 4.05. The summed E-state index contributed by atoms with van der Waals surface area (Å²) in [5, 5.41) is 29.5. The van der Waals surface area contributed by atoms with Crippen LogP contribution in [0.3, 0.4) is 0 Å². The lowest BCUT2D eigenvalue weighted by molar-refractivity contribution is -0.991. The van der Waals surface area contributed by atoms with Crippen LogP contribution in [0.2, 0.25) is 0 Å². The third-order valence-electron chi connectivity index (χ3n) is 1.77. The van der Waals surface area contributed by atoms with Crippen molar-refractivity contribution in [3.05, 3.63) is 29.0 Å². The summed E-state index contributed by atoms with van der Waals surface area (Å²) in [6.07, 6.45) is 0. The van der Waals surface area contributed by atoms with Gasteiger partial charge in [0.1, 0.15) is 0 Å². The van der Waals surface area contributed by atoms with Gasteiger partial charge in [-0.25, -0.2) is 10.0 Å². The highest BCUT2D eigenvalue weighted by Crippen LogP contribution is 2.17. The van der Waals surface area contributed by atoms with Crippen LogP contribution in [0.15, 0.2) is 18.2 Å². The van der Waals surface area contributed by atoms with E-state index in [-0.39, 0.29) is 11.3 Å². The second-order valence-electron chi connectivity index (χ2n) is 2.62. The number of aromatic carboxylic acids is 1. The topological polar surface area (TPSA) is 97.1 Å². The Bertz CT molecular complexity index is 351. The maximum absolute atomic E-state index is 10.7. The Balaban J connectivity index is 3.21. The molecule has 0 radical (unpaired) electrons. The molecular formula is C8H10N2O4. The van der Waals surface area contributed by atoms with Crippen LogP contribution in [-0.4, -0.2) is 23.3 Å². The van der Waals surface area contributed by atoms with Crippen molar-refractivity contribution in [2.24, 2.45) is 0 Å². The number of hydrogen-bond acceptors (Lipinski definition) is 4. The van der Waals surface area contributed by atoms with Crippen LogP contribution < -0.4 is 10.5 Å². The van der Waals surface area contributed by atoms with E-state index in [9.17, 15) is 10.0 Å². The maximum Gasteiger partial charge on any atom is 0.338 e. The Morgan fingerprint density at radius 1 is 1.57 bits per heavy atom. The monoisotopic (exact) mass is 198 g/mol. The smallest absolute Gasteiger partial charge is 0.338 e.